The molecule has 7 heteroatoms. The van der Waals surface area contributed by atoms with Crippen LogP contribution in [0.15, 0.2) is 0 Å². The molecule has 4 nitrogen and oxygen atoms in total. The highest BCUT2D eigenvalue weighted by atomic mass is 19.4. The molecule has 0 unspecified atom stereocenters. The van der Waals surface area contributed by atoms with E-state index in [0.717, 1.165) is 18.4 Å². The van der Waals surface area contributed by atoms with E-state index in [-0.39, 0.29) is 13.0 Å². The van der Waals surface area contributed by atoms with Gasteiger partial charge in [-0.25, -0.2) is 9.97 Å². The first-order chi connectivity index (χ1) is 9.37. The van der Waals surface area contributed by atoms with E-state index < -0.39 is 12.6 Å². The van der Waals surface area contributed by atoms with Gasteiger partial charge in [0, 0.05) is 32.0 Å². The fourth-order valence-corrected chi connectivity index (χ4v) is 1.81. The number of halogens is 3. The van der Waals surface area contributed by atoms with E-state index >= 15 is 0 Å². The van der Waals surface area contributed by atoms with E-state index in [4.69, 9.17) is 0 Å². The van der Waals surface area contributed by atoms with Gasteiger partial charge >= 0.3 is 6.18 Å². The predicted octanol–water partition coefficient (Wildman–Crippen LogP) is 3.53. The molecular formula is C13H21F3N4. The minimum atomic E-state index is -4.11. The third-order valence-corrected chi connectivity index (χ3v) is 2.83. The maximum absolute atomic E-state index is 12.1. The Bertz CT molecular complexity index is 432. The van der Waals surface area contributed by atoms with Crippen LogP contribution in [0.3, 0.4) is 0 Å². The average molecular weight is 290 g/mol. The Balaban J connectivity index is 2.70. The van der Waals surface area contributed by atoms with Gasteiger partial charge in [0.1, 0.15) is 17.5 Å². The van der Waals surface area contributed by atoms with Crippen LogP contribution >= 0.6 is 0 Å². The number of aryl methyl sites for hydroxylation is 1. The number of hydrogen-bond acceptors (Lipinski definition) is 4. The molecule has 0 saturated heterocycles. The number of rotatable bonds is 7. The summed E-state index contributed by atoms with van der Waals surface area (Å²) in [7, 11) is 1.76. The number of nitrogens with one attached hydrogen (secondary N) is 2. The molecule has 1 heterocycles. The lowest BCUT2D eigenvalue weighted by atomic mass is 10.2. The van der Waals surface area contributed by atoms with Crippen LogP contribution in [0.5, 0.6) is 0 Å². The summed E-state index contributed by atoms with van der Waals surface area (Å²) in [5.41, 5.74) is 0.819. The van der Waals surface area contributed by atoms with Crippen molar-refractivity contribution >= 4 is 11.6 Å². The van der Waals surface area contributed by atoms with Crippen molar-refractivity contribution in [3.05, 3.63) is 11.4 Å². The minimum Gasteiger partial charge on any atom is -0.373 e. The number of nitrogens with zero attached hydrogens (tertiary/aromatic N) is 2. The lowest BCUT2D eigenvalue weighted by Crippen LogP contribution is -2.13. The Kier molecular flexibility index (Phi) is 6.04. The number of anilines is 2. The Morgan fingerprint density at radius 2 is 1.80 bits per heavy atom. The van der Waals surface area contributed by atoms with Crippen molar-refractivity contribution in [2.75, 3.05) is 24.2 Å². The van der Waals surface area contributed by atoms with Gasteiger partial charge in [-0.2, -0.15) is 13.2 Å². The highest BCUT2D eigenvalue weighted by molar-refractivity contribution is 5.56. The fraction of sp³-hybridized carbons (Fsp3) is 0.692. The maximum Gasteiger partial charge on any atom is 0.389 e. The highest BCUT2D eigenvalue weighted by Crippen LogP contribution is 2.23. The summed E-state index contributed by atoms with van der Waals surface area (Å²) in [6.07, 6.45) is -3.20. The van der Waals surface area contributed by atoms with Crippen molar-refractivity contribution < 1.29 is 13.2 Å². The Hall–Kier alpha value is -1.53. The molecule has 0 saturated carbocycles. The van der Waals surface area contributed by atoms with Crippen LogP contribution in [-0.4, -0.2) is 29.7 Å². The van der Waals surface area contributed by atoms with Crippen LogP contribution in [0.4, 0.5) is 24.8 Å². The SMILES string of the molecule is CCCc1nc(NC)c(C)c(NCCCC(F)(F)F)n1. The third-order valence-electron chi connectivity index (χ3n) is 2.83. The molecule has 1 aromatic rings. The largest absolute Gasteiger partial charge is 0.389 e. The minimum absolute atomic E-state index is 0.0327. The molecular weight excluding hydrogens is 269 g/mol. The van der Waals surface area contributed by atoms with Crippen LogP contribution in [0.1, 0.15) is 37.6 Å². The van der Waals surface area contributed by atoms with Crippen LogP contribution in [0.25, 0.3) is 0 Å². The second kappa shape index (κ2) is 7.31. The van der Waals surface area contributed by atoms with Crippen LogP contribution < -0.4 is 10.6 Å². The summed E-state index contributed by atoms with van der Waals surface area (Å²) < 4.78 is 36.2. The number of alkyl halides is 3. The van der Waals surface area contributed by atoms with Gasteiger partial charge in [0.15, 0.2) is 0 Å². The number of aromatic nitrogens is 2. The van der Waals surface area contributed by atoms with Gasteiger partial charge in [-0.3, -0.25) is 0 Å². The van der Waals surface area contributed by atoms with E-state index in [9.17, 15) is 13.2 Å². The van der Waals surface area contributed by atoms with Gasteiger partial charge in [-0.05, 0) is 19.8 Å². The molecule has 0 fully saturated rings. The smallest absolute Gasteiger partial charge is 0.373 e. The Morgan fingerprint density at radius 3 is 2.35 bits per heavy atom. The summed E-state index contributed by atoms with van der Waals surface area (Å²) >= 11 is 0. The van der Waals surface area contributed by atoms with E-state index in [1.165, 1.54) is 0 Å². The van der Waals surface area contributed by atoms with Crippen LogP contribution in [0.2, 0.25) is 0 Å². The molecule has 0 aliphatic heterocycles. The summed E-state index contributed by atoms with van der Waals surface area (Å²) in [5, 5.41) is 5.95. The van der Waals surface area contributed by atoms with Crippen LogP contribution in [-0.2, 0) is 6.42 Å². The zero-order valence-electron chi connectivity index (χ0n) is 12.1. The zero-order valence-corrected chi connectivity index (χ0v) is 12.1. The van der Waals surface area contributed by atoms with Crippen molar-refractivity contribution in [1.29, 1.82) is 0 Å². The molecule has 0 aliphatic rings. The van der Waals surface area contributed by atoms with E-state index in [1.54, 1.807) is 7.05 Å². The Labute approximate surface area is 117 Å². The molecule has 20 heavy (non-hydrogen) atoms. The first-order valence-corrected chi connectivity index (χ1v) is 6.73. The lowest BCUT2D eigenvalue weighted by molar-refractivity contribution is -0.134. The first kappa shape index (κ1) is 16.5. The van der Waals surface area contributed by atoms with Gasteiger partial charge in [0.05, 0.1) is 0 Å². The van der Waals surface area contributed by atoms with Crippen molar-refractivity contribution in [1.82, 2.24) is 9.97 Å². The van der Waals surface area contributed by atoms with E-state index in [0.29, 0.717) is 17.5 Å². The van der Waals surface area contributed by atoms with Gasteiger partial charge in [-0.1, -0.05) is 6.92 Å². The number of hydrogen-bond donors (Lipinski definition) is 2. The fourth-order valence-electron chi connectivity index (χ4n) is 1.81. The van der Waals surface area contributed by atoms with Crippen molar-refractivity contribution in [2.45, 2.75) is 45.7 Å². The Morgan fingerprint density at radius 1 is 1.15 bits per heavy atom. The molecule has 0 amide bonds. The van der Waals surface area contributed by atoms with Crippen molar-refractivity contribution in [2.24, 2.45) is 0 Å². The molecule has 0 radical (unpaired) electrons. The molecule has 0 aromatic carbocycles. The average Bonchev–Trinajstić information content (AvgIpc) is 2.36. The van der Waals surface area contributed by atoms with Gasteiger partial charge < -0.3 is 10.6 Å². The van der Waals surface area contributed by atoms with E-state index in [1.807, 2.05) is 13.8 Å². The second-order valence-electron chi connectivity index (χ2n) is 4.61. The normalized spacial score (nSPS) is 11.5. The molecule has 0 bridgehead atoms. The molecule has 2 N–H and O–H groups in total. The molecule has 1 aromatic heterocycles. The topological polar surface area (TPSA) is 49.8 Å². The summed E-state index contributed by atoms with van der Waals surface area (Å²) in [4.78, 5) is 8.73. The molecule has 1 rings (SSSR count). The lowest BCUT2D eigenvalue weighted by Gasteiger charge is -2.14. The van der Waals surface area contributed by atoms with Gasteiger partial charge in [-0.15, -0.1) is 0 Å². The predicted molar refractivity (Wildman–Crippen MR) is 74.1 cm³/mol. The van der Waals surface area contributed by atoms with Gasteiger partial charge in [0.2, 0.25) is 0 Å². The maximum atomic E-state index is 12.1. The van der Waals surface area contributed by atoms with Crippen LogP contribution in [0, 0.1) is 6.92 Å². The second-order valence-corrected chi connectivity index (χ2v) is 4.61. The summed E-state index contributed by atoms with van der Waals surface area (Å²) in [6.45, 7) is 4.11. The van der Waals surface area contributed by atoms with Crippen molar-refractivity contribution in [3.8, 4) is 0 Å². The molecule has 0 spiro atoms. The summed E-state index contributed by atoms with van der Waals surface area (Å²) in [5.74, 6) is 2.01. The molecule has 0 atom stereocenters. The quantitative estimate of drug-likeness (QED) is 0.754. The molecule has 0 aliphatic carbocycles. The third kappa shape index (κ3) is 5.22. The highest BCUT2D eigenvalue weighted by Gasteiger charge is 2.25. The monoisotopic (exact) mass is 290 g/mol. The van der Waals surface area contributed by atoms with Crippen molar-refractivity contribution in [3.63, 3.8) is 0 Å². The van der Waals surface area contributed by atoms with E-state index in [2.05, 4.69) is 20.6 Å². The standard InChI is InChI=1S/C13H21F3N4/c1-4-6-10-19-11(17-3)9(2)12(20-10)18-8-5-7-13(14,15)16/h4-8H2,1-3H3,(H2,17,18,19,20). The zero-order chi connectivity index (χ0) is 15.2. The molecule has 114 valence electrons. The van der Waals surface area contributed by atoms with Gasteiger partial charge in [0.25, 0.3) is 0 Å². The summed E-state index contributed by atoms with van der Waals surface area (Å²) in [6, 6.07) is 0. The first-order valence-electron chi connectivity index (χ1n) is 6.73.